The van der Waals surface area contributed by atoms with Gasteiger partial charge in [-0.3, -0.25) is 4.90 Å². The molecule has 1 aliphatic heterocycles. The molecule has 3 heterocycles. The Morgan fingerprint density at radius 3 is 3.05 bits per heavy atom. The molecule has 0 aliphatic carbocycles. The standard InChI is InChI=1S/C14H20N4O/c1-2-5-18-14(3-1)13(12-16-18)11-15-4-6-17-7-9-19-10-8-17/h1-3,5,12,15H,4,6-11H2. The van der Waals surface area contributed by atoms with E-state index in [0.717, 1.165) is 45.9 Å². The van der Waals surface area contributed by atoms with Crippen molar-refractivity contribution in [2.24, 2.45) is 0 Å². The lowest BCUT2D eigenvalue weighted by molar-refractivity contribution is 0.0384. The van der Waals surface area contributed by atoms with E-state index in [2.05, 4.69) is 21.4 Å². The SMILES string of the molecule is c1ccn2ncc(CNCCN3CCOCC3)c2c1. The summed E-state index contributed by atoms with van der Waals surface area (Å²) in [6.45, 7) is 6.81. The lowest BCUT2D eigenvalue weighted by Gasteiger charge is -2.26. The first kappa shape index (κ1) is 12.6. The molecule has 0 aromatic carbocycles. The second kappa shape index (κ2) is 6.14. The van der Waals surface area contributed by atoms with Gasteiger partial charge in [-0.1, -0.05) is 6.07 Å². The van der Waals surface area contributed by atoms with Crippen LogP contribution in [0.1, 0.15) is 5.56 Å². The number of aromatic nitrogens is 2. The molecule has 0 atom stereocenters. The first-order valence-electron chi connectivity index (χ1n) is 6.85. The van der Waals surface area contributed by atoms with Crippen LogP contribution in [0.2, 0.25) is 0 Å². The van der Waals surface area contributed by atoms with Crippen molar-refractivity contribution in [2.45, 2.75) is 6.54 Å². The van der Waals surface area contributed by atoms with Crippen molar-refractivity contribution >= 4 is 5.52 Å². The van der Waals surface area contributed by atoms with Crippen LogP contribution in [0, 0.1) is 0 Å². The Morgan fingerprint density at radius 1 is 1.26 bits per heavy atom. The zero-order chi connectivity index (χ0) is 12.9. The number of ether oxygens (including phenoxy) is 1. The maximum absolute atomic E-state index is 5.34. The van der Waals surface area contributed by atoms with Crippen molar-refractivity contribution in [3.05, 3.63) is 36.2 Å². The molecule has 2 aromatic rings. The minimum absolute atomic E-state index is 0.869. The Balaban J connectivity index is 1.47. The van der Waals surface area contributed by atoms with Crippen LogP contribution >= 0.6 is 0 Å². The molecule has 1 N–H and O–H groups in total. The second-order valence-electron chi connectivity index (χ2n) is 4.83. The third-order valence-corrected chi connectivity index (χ3v) is 3.53. The predicted octanol–water partition coefficient (Wildman–Crippen LogP) is 0.756. The molecule has 0 saturated carbocycles. The summed E-state index contributed by atoms with van der Waals surface area (Å²) >= 11 is 0. The van der Waals surface area contributed by atoms with Gasteiger partial charge in [0, 0.05) is 44.5 Å². The highest BCUT2D eigenvalue weighted by molar-refractivity contribution is 5.53. The Morgan fingerprint density at radius 2 is 2.16 bits per heavy atom. The first-order valence-corrected chi connectivity index (χ1v) is 6.85. The van der Waals surface area contributed by atoms with Gasteiger partial charge in [-0.05, 0) is 12.1 Å². The van der Waals surface area contributed by atoms with Crippen molar-refractivity contribution in [1.29, 1.82) is 0 Å². The van der Waals surface area contributed by atoms with Gasteiger partial charge >= 0.3 is 0 Å². The van der Waals surface area contributed by atoms with E-state index in [-0.39, 0.29) is 0 Å². The third kappa shape index (κ3) is 3.12. The fourth-order valence-electron chi connectivity index (χ4n) is 2.41. The molecule has 3 rings (SSSR count). The molecule has 1 saturated heterocycles. The van der Waals surface area contributed by atoms with Crippen LogP contribution in [0.3, 0.4) is 0 Å². The van der Waals surface area contributed by atoms with E-state index in [1.807, 2.05) is 29.0 Å². The van der Waals surface area contributed by atoms with E-state index in [0.29, 0.717) is 0 Å². The maximum Gasteiger partial charge on any atom is 0.0706 e. The number of hydrogen-bond acceptors (Lipinski definition) is 4. The van der Waals surface area contributed by atoms with Crippen molar-refractivity contribution < 1.29 is 4.74 Å². The van der Waals surface area contributed by atoms with Crippen molar-refractivity contribution in [3.8, 4) is 0 Å². The van der Waals surface area contributed by atoms with Gasteiger partial charge in [0.05, 0.1) is 24.9 Å². The average molecular weight is 260 g/mol. The Labute approximate surface area is 113 Å². The summed E-state index contributed by atoms with van der Waals surface area (Å²) in [5.41, 5.74) is 2.43. The quantitative estimate of drug-likeness (QED) is 0.806. The van der Waals surface area contributed by atoms with Gasteiger partial charge in [0.1, 0.15) is 0 Å². The minimum atomic E-state index is 0.869. The number of morpholine rings is 1. The van der Waals surface area contributed by atoms with E-state index < -0.39 is 0 Å². The molecule has 1 fully saturated rings. The van der Waals surface area contributed by atoms with Crippen LogP contribution in [0.4, 0.5) is 0 Å². The van der Waals surface area contributed by atoms with E-state index >= 15 is 0 Å². The van der Waals surface area contributed by atoms with Gasteiger partial charge in [0.15, 0.2) is 0 Å². The van der Waals surface area contributed by atoms with Crippen LogP contribution in [-0.4, -0.2) is 53.9 Å². The molecular weight excluding hydrogens is 240 g/mol. The molecule has 0 unspecified atom stereocenters. The van der Waals surface area contributed by atoms with Gasteiger partial charge in [-0.15, -0.1) is 0 Å². The van der Waals surface area contributed by atoms with Gasteiger partial charge in [-0.25, -0.2) is 4.52 Å². The third-order valence-electron chi connectivity index (χ3n) is 3.53. The Hall–Kier alpha value is -1.43. The zero-order valence-corrected chi connectivity index (χ0v) is 11.1. The number of fused-ring (bicyclic) bond motifs is 1. The fraction of sp³-hybridized carbons (Fsp3) is 0.500. The summed E-state index contributed by atoms with van der Waals surface area (Å²) in [6, 6.07) is 6.15. The maximum atomic E-state index is 5.34. The monoisotopic (exact) mass is 260 g/mol. The second-order valence-corrected chi connectivity index (χ2v) is 4.83. The predicted molar refractivity (Wildman–Crippen MR) is 74.2 cm³/mol. The minimum Gasteiger partial charge on any atom is -0.379 e. The number of nitrogens with zero attached hydrogens (tertiary/aromatic N) is 3. The molecule has 19 heavy (non-hydrogen) atoms. The molecule has 1 aliphatic rings. The zero-order valence-electron chi connectivity index (χ0n) is 11.1. The van der Waals surface area contributed by atoms with Gasteiger partial charge in [0.2, 0.25) is 0 Å². The summed E-state index contributed by atoms with van der Waals surface area (Å²) in [7, 11) is 0. The molecule has 102 valence electrons. The van der Waals surface area contributed by atoms with Crippen LogP contribution in [0.15, 0.2) is 30.6 Å². The number of rotatable bonds is 5. The van der Waals surface area contributed by atoms with Crippen molar-refractivity contribution in [2.75, 3.05) is 39.4 Å². The van der Waals surface area contributed by atoms with E-state index in [4.69, 9.17) is 4.74 Å². The number of pyridine rings is 1. The largest absolute Gasteiger partial charge is 0.379 e. The van der Waals surface area contributed by atoms with E-state index in [1.54, 1.807) is 0 Å². The molecule has 0 spiro atoms. The topological polar surface area (TPSA) is 41.8 Å². The van der Waals surface area contributed by atoms with Crippen LogP contribution in [0.25, 0.3) is 5.52 Å². The number of hydrogen-bond donors (Lipinski definition) is 1. The highest BCUT2D eigenvalue weighted by Crippen LogP contribution is 2.09. The van der Waals surface area contributed by atoms with Gasteiger partial charge < -0.3 is 10.1 Å². The summed E-state index contributed by atoms with van der Waals surface area (Å²) in [5.74, 6) is 0. The normalized spacial score (nSPS) is 17.1. The molecule has 2 aromatic heterocycles. The molecule has 5 nitrogen and oxygen atoms in total. The summed E-state index contributed by atoms with van der Waals surface area (Å²) < 4.78 is 7.26. The number of nitrogens with one attached hydrogen (secondary N) is 1. The average Bonchev–Trinajstić information content (AvgIpc) is 2.88. The van der Waals surface area contributed by atoms with Crippen LogP contribution in [-0.2, 0) is 11.3 Å². The van der Waals surface area contributed by atoms with Crippen molar-refractivity contribution in [1.82, 2.24) is 19.8 Å². The smallest absolute Gasteiger partial charge is 0.0706 e. The van der Waals surface area contributed by atoms with Crippen LogP contribution in [0.5, 0.6) is 0 Å². The highest BCUT2D eigenvalue weighted by Gasteiger charge is 2.09. The fourth-order valence-corrected chi connectivity index (χ4v) is 2.41. The molecular formula is C14H20N4O. The van der Waals surface area contributed by atoms with Crippen molar-refractivity contribution in [3.63, 3.8) is 0 Å². The summed E-state index contributed by atoms with van der Waals surface area (Å²) in [5, 5.41) is 7.83. The van der Waals surface area contributed by atoms with Crippen LogP contribution < -0.4 is 5.32 Å². The molecule has 0 amide bonds. The lowest BCUT2D eigenvalue weighted by Crippen LogP contribution is -2.40. The summed E-state index contributed by atoms with van der Waals surface area (Å²) in [4.78, 5) is 2.44. The first-order chi connectivity index (χ1) is 9.43. The highest BCUT2D eigenvalue weighted by atomic mass is 16.5. The summed E-state index contributed by atoms with van der Waals surface area (Å²) in [6.07, 6.45) is 3.92. The van der Waals surface area contributed by atoms with E-state index in [1.165, 1.54) is 11.1 Å². The Kier molecular flexibility index (Phi) is 4.07. The van der Waals surface area contributed by atoms with E-state index in [9.17, 15) is 0 Å². The molecule has 0 radical (unpaired) electrons. The molecule has 5 heteroatoms. The Bertz CT molecular complexity index is 519. The lowest BCUT2D eigenvalue weighted by atomic mass is 10.2. The van der Waals surface area contributed by atoms with Gasteiger partial charge in [-0.2, -0.15) is 5.10 Å². The molecule has 0 bridgehead atoms. The van der Waals surface area contributed by atoms with Gasteiger partial charge in [0.25, 0.3) is 0 Å².